The van der Waals surface area contributed by atoms with Gasteiger partial charge in [-0.1, -0.05) is 13.8 Å². The topological polar surface area (TPSA) is 101 Å². The van der Waals surface area contributed by atoms with Gasteiger partial charge in [-0.15, -0.1) is 0 Å². The van der Waals surface area contributed by atoms with Gasteiger partial charge in [0.15, 0.2) is 5.03 Å². The Morgan fingerprint density at radius 1 is 1.43 bits per heavy atom. The standard InChI is InChI=1S/C13H23N3O4S/c1-10-15-11(9-16(10)4)21(19,20)14-8-7-13(2,3)6-5-12(17)18/h9,14H,5-8H2,1-4H3,(H,17,18). The monoisotopic (exact) mass is 317 g/mol. The van der Waals surface area contributed by atoms with E-state index in [1.165, 1.54) is 6.20 Å². The van der Waals surface area contributed by atoms with Crippen molar-refractivity contribution in [3.05, 3.63) is 12.0 Å². The molecule has 1 rings (SSSR count). The first-order valence-corrected chi connectivity index (χ1v) is 8.23. The second kappa shape index (κ2) is 6.57. The maximum Gasteiger partial charge on any atom is 0.303 e. The van der Waals surface area contributed by atoms with Crippen LogP contribution in [-0.4, -0.2) is 35.6 Å². The molecule has 0 bridgehead atoms. The minimum absolute atomic E-state index is 0.00541. The number of aromatic nitrogens is 2. The number of rotatable bonds is 8. The number of carboxylic acids is 1. The van der Waals surface area contributed by atoms with E-state index in [1.54, 1.807) is 18.5 Å². The third-order valence-corrected chi connectivity index (χ3v) is 4.80. The van der Waals surface area contributed by atoms with Crippen LogP contribution in [0.15, 0.2) is 11.2 Å². The maximum atomic E-state index is 12.1. The zero-order chi connectivity index (χ0) is 16.3. The lowest BCUT2D eigenvalue weighted by Gasteiger charge is -2.23. The lowest BCUT2D eigenvalue weighted by atomic mass is 9.84. The number of aliphatic carboxylic acids is 1. The van der Waals surface area contributed by atoms with Crippen LogP contribution in [0.3, 0.4) is 0 Å². The molecule has 7 nitrogen and oxygen atoms in total. The van der Waals surface area contributed by atoms with Gasteiger partial charge >= 0.3 is 5.97 Å². The van der Waals surface area contributed by atoms with Crippen LogP contribution in [0, 0.1) is 12.3 Å². The van der Waals surface area contributed by atoms with Crippen molar-refractivity contribution in [2.45, 2.75) is 45.1 Å². The third kappa shape index (κ3) is 5.47. The highest BCUT2D eigenvalue weighted by molar-refractivity contribution is 7.89. The van der Waals surface area contributed by atoms with E-state index in [-0.39, 0.29) is 23.4 Å². The molecule has 0 aliphatic heterocycles. The Hall–Kier alpha value is -1.41. The van der Waals surface area contributed by atoms with Crippen molar-refractivity contribution in [3.63, 3.8) is 0 Å². The summed E-state index contributed by atoms with van der Waals surface area (Å²) in [5, 5.41) is 8.69. The van der Waals surface area contributed by atoms with Crippen LogP contribution in [0.4, 0.5) is 0 Å². The summed E-state index contributed by atoms with van der Waals surface area (Å²) in [5.74, 6) is -0.218. The lowest BCUT2D eigenvalue weighted by molar-refractivity contribution is -0.137. The molecule has 1 aromatic heterocycles. The average Bonchev–Trinajstić information content (AvgIpc) is 2.68. The molecule has 21 heavy (non-hydrogen) atoms. The fraction of sp³-hybridized carbons (Fsp3) is 0.692. The Labute approximate surface area is 125 Å². The number of carboxylic acid groups (broad SMARTS) is 1. The van der Waals surface area contributed by atoms with Gasteiger partial charge in [0, 0.05) is 26.2 Å². The van der Waals surface area contributed by atoms with Crippen molar-refractivity contribution in [2.24, 2.45) is 12.5 Å². The van der Waals surface area contributed by atoms with E-state index in [1.807, 2.05) is 13.8 Å². The van der Waals surface area contributed by atoms with Gasteiger partial charge in [-0.2, -0.15) is 0 Å². The summed E-state index contributed by atoms with van der Waals surface area (Å²) in [6.45, 7) is 5.84. The van der Waals surface area contributed by atoms with E-state index < -0.39 is 16.0 Å². The quantitative estimate of drug-likeness (QED) is 0.752. The second-order valence-corrected chi connectivity index (χ2v) is 7.66. The number of hydrogen-bond acceptors (Lipinski definition) is 4. The molecule has 1 aromatic rings. The number of nitrogens with one attached hydrogen (secondary N) is 1. The molecule has 0 aliphatic rings. The molecule has 120 valence electrons. The molecular formula is C13H23N3O4S. The molecule has 1 heterocycles. The minimum atomic E-state index is -3.61. The Morgan fingerprint density at radius 2 is 2.05 bits per heavy atom. The fourth-order valence-corrected chi connectivity index (χ4v) is 2.89. The summed E-state index contributed by atoms with van der Waals surface area (Å²) >= 11 is 0. The summed E-state index contributed by atoms with van der Waals surface area (Å²) in [6, 6.07) is 0. The van der Waals surface area contributed by atoms with Crippen molar-refractivity contribution in [1.82, 2.24) is 14.3 Å². The van der Waals surface area contributed by atoms with Gasteiger partial charge in [-0.05, 0) is 25.2 Å². The number of sulfonamides is 1. The molecule has 0 saturated carbocycles. The Morgan fingerprint density at radius 3 is 2.52 bits per heavy atom. The first-order valence-electron chi connectivity index (χ1n) is 6.75. The Balaban J connectivity index is 2.56. The van der Waals surface area contributed by atoms with Gasteiger partial charge in [-0.25, -0.2) is 18.1 Å². The molecule has 2 N–H and O–H groups in total. The predicted octanol–water partition coefficient (Wildman–Crippen LogP) is 1.29. The van der Waals surface area contributed by atoms with E-state index in [9.17, 15) is 13.2 Å². The van der Waals surface area contributed by atoms with E-state index in [0.717, 1.165) is 0 Å². The Bertz CT molecular complexity index is 585. The van der Waals surface area contributed by atoms with Crippen LogP contribution in [0.2, 0.25) is 0 Å². The van der Waals surface area contributed by atoms with Gasteiger partial charge in [0.1, 0.15) is 5.82 Å². The summed E-state index contributed by atoms with van der Waals surface area (Å²) in [4.78, 5) is 14.6. The Kier molecular flexibility index (Phi) is 5.52. The highest BCUT2D eigenvalue weighted by Crippen LogP contribution is 2.26. The summed E-state index contributed by atoms with van der Waals surface area (Å²) < 4.78 is 28.3. The van der Waals surface area contributed by atoms with Gasteiger partial charge in [-0.3, -0.25) is 4.79 Å². The van der Waals surface area contributed by atoms with E-state index in [0.29, 0.717) is 18.7 Å². The van der Waals surface area contributed by atoms with Crippen molar-refractivity contribution in [1.29, 1.82) is 0 Å². The van der Waals surface area contributed by atoms with Crippen LogP contribution < -0.4 is 4.72 Å². The number of hydrogen-bond donors (Lipinski definition) is 2. The van der Waals surface area contributed by atoms with Crippen molar-refractivity contribution >= 4 is 16.0 Å². The van der Waals surface area contributed by atoms with E-state index >= 15 is 0 Å². The van der Waals surface area contributed by atoms with Crippen LogP contribution >= 0.6 is 0 Å². The molecule has 0 radical (unpaired) electrons. The third-order valence-electron chi connectivity index (χ3n) is 3.47. The highest BCUT2D eigenvalue weighted by Gasteiger charge is 2.22. The van der Waals surface area contributed by atoms with Crippen LogP contribution in [-0.2, 0) is 21.9 Å². The summed E-state index contributed by atoms with van der Waals surface area (Å²) in [6.07, 6.45) is 2.62. The first-order chi connectivity index (χ1) is 9.53. The van der Waals surface area contributed by atoms with Gasteiger partial charge in [0.2, 0.25) is 0 Å². The molecule has 0 atom stereocenters. The number of aryl methyl sites for hydroxylation is 2. The van der Waals surface area contributed by atoms with Gasteiger partial charge in [0.25, 0.3) is 10.0 Å². The molecule has 0 aliphatic carbocycles. The summed E-state index contributed by atoms with van der Waals surface area (Å²) in [7, 11) is -1.88. The van der Waals surface area contributed by atoms with Gasteiger partial charge in [0.05, 0.1) is 0 Å². The van der Waals surface area contributed by atoms with Crippen molar-refractivity contribution in [3.8, 4) is 0 Å². The average molecular weight is 317 g/mol. The van der Waals surface area contributed by atoms with Crippen molar-refractivity contribution < 1.29 is 18.3 Å². The zero-order valence-electron chi connectivity index (χ0n) is 12.9. The van der Waals surface area contributed by atoms with E-state index in [2.05, 4.69) is 9.71 Å². The van der Waals surface area contributed by atoms with Crippen molar-refractivity contribution in [2.75, 3.05) is 6.54 Å². The van der Waals surface area contributed by atoms with Crippen LogP contribution in [0.5, 0.6) is 0 Å². The maximum absolute atomic E-state index is 12.1. The summed E-state index contributed by atoms with van der Waals surface area (Å²) in [5.41, 5.74) is -0.235. The van der Waals surface area contributed by atoms with Crippen LogP contribution in [0.25, 0.3) is 0 Å². The SMILES string of the molecule is Cc1nc(S(=O)(=O)NCCC(C)(C)CCC(=O)O)cn1C. The molecule has 8 heteroatoms. The molecule has 0 spiro atoms. The molecule has 0 unspecified atom stereocenters. The molecule has 0 saturated heterocycles. The smallest absolute Gasteiger partial charge is 0.303 e. The normalized spacial score (nSPS) is 12.6. The minimum Gasteiger partial charge on any atom is -0.481 e. The molecule has 0 aromatic carbocycles. The number of nitrogens with zero attached hydrogens (tertiary/aromatic N) is 2. The fourth-order valence-electron chi connectivity index (χ4n) is 1.82. The second-order valence-electron chi connectivity index (χ2n) is 5.94. The lowest BCUT2D eigenvalue weighted by Crippen LogP contribution is -2.28. The molecular weight excluding hydrogens is 294 g/mol. The molecule has 0 fully saturated rings. The first kappa shape index (κ1) is 17.6. The van der Waals surface area contributed by atoms with Gasteiger partial charge < -0.3 is 9.67 Å². The molecule has 0 amide bonds. The number of imidazole rings is 1. The van der Waals surface area contributed by atoms with Crippen LogP contribution in [0.1, 0.15) is 38.9 Å². The predicted molar refractivity (Wildman–Crippen MR) is 78.4 cm³/mol. The largest absolute Gasteiger partial charge is 0.481 e. The highest BCUT2D eigenvalue weighted by atomic mass is 32.2. The van der Waals surface area contributed by atoms with E-state index in [4.69, 9.17) is 5.11 Å². The zero-order valence-corrected chi connectivity index (χ0v) is 13.7. The number of carbonyl (C=O) groups is 1.